The first kappa shape index (κ1) is 17.8. The lowest BCUT2D eigenvalue weighted by atomic mass is 10.4. The number of carboxylic acid groups (broad SMARTS) is 2. The summed E-state index contributed by atoms with van der Waals surface area (Å²) in [7, 11) is -11.0. The van der Waals surface area contributed by atoms with Crippen molar-refractivity contribution >= 4 is 27.5 Å². The maximum Gasteiger partial charge on any atom is 0.506 e. The zero-order valence-electron chi connectivity index (χ0n) is 8.89. The van der Waals surface area contributed by atoms with Gasteiger partial charge in [-0.15, -0.1) is 0 Å². The van der Waals surface area contributed by atoms with Gasteiger partial charge < -0.3 is 39.3 Å². The van der Waals surface area contributed by atoms with E-state index in [0.29, 0.717) is 0 Å². The van der Waals surface area contributed by atoms with E-state index in [-0.39, 0.29) is 0 Å². The molecule has 0 aliphatic carbocycles. The first-order chi connectivity index (χ1) is 8.35. The van der Waals surface area contributed by atoms with Crippen LogP contribution in [0.4, 0.5) is 9.59 Å². The molecule has 0 fully saturated rings. The fraction of sp³-hybridized carbons (Fsp3) is 0.600. The van der Waals surface area contributed by atoms with Crippen molar-refractivity contribution in [1.82, 2.24) is 0 Å². The van der Waals surface area contributed by atoms with E-state index in [1.165, 1.54) is 0 Å². The molecule has 0 spiro atoms. The molecule has 112 valence electrons. The number of hydrogen-bond donors (Lipinski definition) is 6. The van der Waals surface area contributed by atoms with Gasteiger partial charge in [0, 0.05) is 0 Å². The Labute approximate surface area is 104 Å². The molecule has 1 atom stereocenters. The molecule has 14 heteroatoms. The average molecular weight is 324 g/mol. The fourth-order valence-electron chi connectivity index (χ4n) is 1.09. The van der Waals surface area contributed by atoms with Crippen LogP contribution in [0, 0.1) is 0 Å². The molecule has 19 heavy (non-hydrogen) atoms. The molecular weight excluding hydrogens is 314 g/mol. The topological polar surface area (TPSA) is 208 Å². The van der Waals surface area contributed by atoms with Gasteiger partial charge in [-0.05, 0) is 0 Å². The number of rotatable bonds is 6. The molecule has 0 bridgehead atoms. The molecular formula is C5H10O12P2. The van der Waals surface area contributed by atoms with Gasteiger partial charge in [-0.2, -0.15) is 0 Å². The third-order valence-corrected chi connectivity index (χ3v) is 5.49. The van der Waals surface area contributed by atoms with E-state index in [2.05, 4.69) is 9.47 Å². The summed E-state index contributed by atoms with van der Waals surface area (Å²) in [5.74, 6) is 0. The smallest absolute Gasteiger partial charge is 0.450 e. The quantitative estimate of drug-likeness (QED) is 0.268. The van der Waals surface area contributed by atoms with Gasteiger partial charge in [0.1, 0.15) is 6.61 Å². The molecule has 0 saturated heterocycles. The third-order valence-electron chi connectivity index (χ3n) is 1.65. The number of carbonyl (C=O) groups is 2. The van der Waals surface area contributed by atoms with Crippen LogP contribution in [0.2, 0.25) is 0 Å². The molecule has 0 rings (SSSR count). The molecule has 0 aromatic heterocycles. The van der Waals surface area contributed by atoms with E-state index >= 15 is 0 Å². The second-order valence-corrected chi connectivity index (χ2v) is 6.97. The monoisotopic (exact) mass is 324 g/mol. The highest BCUT2D eigenvalue weighted by Gasteiger charge is 2.51. The second-order valence-electron chi connectivity index (χ2n) is 3.09. The van der Waals surface area contributed by atoms with Gasteiger partial charge in [-0.1, -0.05) is 0 Å². The van der Waals surface area contributed by atoms with Crippen LogP contribution >= 0.6 is 15.2 Å². The van der Waals surface area contributed by atoms with Crippen molar-refractivity contribution in [3.05, 3.63) is 0 Å². The van der Waals surface area contributed by atoms with Crippen molar-refractivity contribution in [2.45, 2.75) is 11.5 Å². The van der Waals surface area contributed by atoms with E-state index in [4.69, 9.17) is 29.8 Å². The summed E-state index contributed by atoms with van der Waals surface area (Å²) in [6.07, 6.45) is -6.43. The van der Waals surface area contributed by atoms with E-state index in [1.807, 2.05) is 0 Å². The maximum atomic E-state index is 11.0. The van der Waals surface area contributed by atoms with Crippen LogP contribution in [0.1, 0.15) is 0 Å². The molecule has 0 aliphatic heterocycles. The van der Waals surface area contributed by atoms with Gasteiger partial charge in [-0.25, -0.2) is 9.59 Å². The van der Waals surface area contributed by atoms with Gasteiger partial charge >= 0.3 is 27.5 Å². The summed E-state index contributed by atoms with van der Waals surface area (Å²) in [6, 6.07) is 0. The van der Waals surface area contributed by atoms with Crippen molar-refractivity contribution in [2.75, 3.05) is 6.61 Å². The van der Waals surface area contributed by atoms with Crippen LogP contribution in [0.3, 0.4) is 0 Å². The van der Waals surface area contributed by atoms with Crippen molar-refractivity contribution in [3.8, 4) is 0 Å². The Morgan fingerprint density at radius 2 is 1.37 bits per heavy atom. The van der Waals surface area contributed by atoms with E-state index in [9.17, 15) is 18.7 Å². The van der Waals surface area contributed by atoms with E-state index in [0.717, 1.165) is 0 Å². The highest BCUT2D eigenvalue weighted by Crippen LogP contribution is 2.61. The highest BCUT2D eigenvalue weighted by molar-refractivity contribution is 7.71. The molecule has 0 aromatic carbocycles. The summed E-state index contributed by atoms with van der Waals surface area (Å²) >= 11 is 0. The minimum atomic E-state index is -5.49. The molecule has 0 saturated carbocycles. The van der Waals surface area contributed by atoms with E-state index in [1.54, 1.807) is 0 Å². The number of hydrogen-bond acceptors (Lipinski definition) is 6. The predicted octanol–water partition coefficient (Wildman–Crippen LogP) is -0.574. The first-order valence-corrected chi connectivity index (χ1v) is 7.57. The summed E-state index contributed by atoms with van der Waals surface area (Å²) < 4.78 is 29.6. The molecule has 12 nitrogen and oxygen atoms in total. The zero-order chi connectivity index (χ0) is 15.4. The van der Waals surface area contributed by atoms with Gasteiger partial charge in [0.2, 0.25) is 5.40 Å². The Morgan fingerprint density at radius 1 is 0.947 bits per heavy atom. The van der Waals surface area contributed by atoms with Crippen LogP contribution in [0.25, 0.3) is 0 Å². The van der Waals surface area contributed by atoms with Crippen molar-refractivity contribution in [3.63, 3.8) is 0 Å². The Hall–Kier alpha value is -1.16. The van der Waals surface area contributed by atoms with Crippen molar-refractivity contribution < 1.29 is 58.0 Å². The minimum absolute atomic E-state index is 1.29. The summed E-state index contributed by atoms with van der Waals surface area (Å²) in [6.45, 7) is -1.29. The molecule has 0 heterocycles. The zero-order valence-corrected chi connectivity index (χ0v) is 10.7. The van der Waals surface area contributed by atoms with Crippen LogP contribution in [-0.4, -0.2) is 60.2 Å². The average Bonchev–Trinajstić information content (AvgIpc) is 2.08. The van der Waals surface area contributed by atoms with Crippen LogP contribution in [0.15, 0.2) is 0 Å². The maximum absolute atomic E-state index is 11.0. The molecule has 1 unspecified atom stereocenters. The van der Waals surface area contributed by atoms with E-state index < -0.39 is 45.6 Å². The Kier molecular flexibility index (Phi) is 5.94. The largest absolute Gasteiger partial charge is 0.506 e. The van der Waals surface area contributed by atoms with Gasteiger partial charge in [0.05, 0.1) is 0 Å². The van der Waals surface area contributed by atoms with Crippen LogP contribution in [-0.2, 0) is 18.6 Å². The second kappa shape index (κ2) is 6.33. The predicted molar refractivity (Wildman–Crippen MR) is 54.8 cm³/mol. The van der Waals surface area contributed by atoms with Crippen LogP contribution < -0.4 is 0 Å². The van der Waals surface area contributed by atoms with Gasteiger partial charge in [-0.3, -0.25) is 9.13 Å². The summed E-state index contributed by atoms with van der Waals surface area (Å²) in [5.41, 5.74) is 0. The molecule has 0 aromatic rings. The summed E-state index contributed by atoms with van der Waals surface area (Å²) in [4.78, 5) is 55.6. The standard InChI is InChI=1S/C5H10O12P2/c6-4(7)16-1-2(17-5(8)9)3(18(10,11)12)19(13,14)15/h2-3H,1H2,(H,6,7)(H,8,9)(H2,10,11,12)(H2,13,14,15). The minimum Gasteiger partial charge on any atom is -0.450 e. The molecule has 6 N–H and O–H groups in total. The summed E-state index contributed by atoms with van der Waals surface area (Å²) in [5, 5.41) is 13.6. The van der Waals surface area contributed by atoms with Crippen molar-refractivity contribution in [1.29, 1.82) is 0 Å². The van der Waals surface area contributed by atoms with Crippen molar-refractivity contribution in [2.24, 2.45) is 0 Å². The SMILES string of the molecule is O=C(O)OCC(OC(=O)O)C(P(=O)(O)O)P(=O)(O)O. The molecule has 0 radical (unpaired) electrons. The highest BCUT2D eigenvalue weighted by atomic mass is 31.2. The normalized spacial score (nSPS) is 13.9. The third kappa shape index (κ3) is 6.53. The molecule has 0 aliphatic rings. The lowest BCUT2D eigenvalue weighted by molar-refractivity contribution is 0.00625. The number of ether oxygens (including phenoxy) is 2. The molecule has 0 amide bonds. The van der Waals surface area contributed by atoms with Gasteiger partial charge in [0.15, 0.2) is 6.10 Å². The Balaban J connectivity index is 5.36. The van der Waals surface area contributed by atoms with Crippen LogP contribution in [0.5, 0.6) is 0 Å². The fourth-order valence-corrected chi connectivity index (χ4v) is 3.82. The Bertz CT molecular complexity index is 409. The lowest BCUT2D eigenvalue weighted by Crippen LogP contribution is -2.35. The Morgan fingerprint density at radius 3 is 1.63 bits per heavy atom. The van der Waals surface area contributed by atoms with Gasteiger partial charge in [0.25, 0.3) is 0 Å². The first-order valence-electron chi connectivity index (χ1n) is 4.21. The lowest BCUT2D eigenvalue weighted by Gasteiger charge is -2.26.